The number of anilines is 1. The van der Waals surface area contributed by atoms with E-state index in [0.717, 1.165) is 41.7 Å². The number of rotatable bonds is 5. The summed E-state index contributed by atoms with van der Waals surface area (Å²) in [4.78, 5) is 14.9. The van der Waals surface area contributed by atoms with Crippen molar-refractivity contribution >= 4 is 23.4 Å². The molecule has 0 saturated heterocycles. The second-order valence-electron chi connectivity index (χ2n) is 6.55. The Balaban J connectivity index is 1.54. The van der Waals surface area contributed by atoms with Crippen LogP contribution in [0.2, 0.25) is 0 Å². The molecule has 2 aromatic carbocycles. The SMILES string of the molecule is CCn1c(S[C@H](C)C(=O)N2CCc3ccccc32)nnc1-c1ccccc1. The predicted octanol–water partition coefficient (Wildman–Crippen LogP) is 4.03. The van der Waals surface area contributed by atoms with Crippen LogP contribution in [0.5, 0.6) is 0 Å². The summed E-state index contributed by atoms with van der Waals surface area (Å²) in [5, 5.41) is 9.29. The van der Waals surface area contributed by atoms with E-state index in [1.165, 1.54) is 17.3 Å². The number of benzene rings is 2. The van der Waals surface area contributed by atoms with E-state index in [2.05, 4.69) is 27.8 Å². The third kappa shape index (κ3) is 3.37. The van der Waals surface area contributed by atoms with Gasteiger partial charge in [-0.05, 0) is 31.9 Å². The van der Waals surface area contributed by atoms with Crippen molar-refractivity contribution in [2.75, 3.05) is 11.4 Å². The zero-order chi connectivity index (χ0) is 18.8. The number of hydrogen-bond donors (Lipinski definition) is 0. The van der Waals surface area contributed by atoms with Gasteiger partial charge in [0.15, 0.2) is 11.0 Å². The molecule has 1 aliphatic rings. The number of amides is 1. The molecule has 0 unspecified atom stereocenters. The van der Waals surface area contributed by atoms with E-state index < -0.39 is 0 Å². The molecule has 1 aromatic heterocycles. The maximum atomic E-state index is 13.0. The van der Waals surface area contributed by atoms with Crippen LogP contribution in [0.25, 0.3) is 11.4 Å². The molecule has 0 saturated carbocycles. The number of fused-ring (bicyclic) bond motifs is 1. The lowest BCUT2D eigenvalue weighted by molar-refractivity contribution is -0.117. The summed E-state index contributed by atoms with van der Waals surface area (Å²) in [6, 6.07) is 18.2. The van der Waals surface area contributed by atoms with Crippen molar-refractivity contribution in [3.8, 4) is 11.4 Å². The van der Waals surface area contributed by atoms with Gasteiger partial charge in [-0.1, -0.05) is 60.3 Å². The van der Waals surface area contributed by atoms with Crippen LogP contribution in [0, 0.1) is 0 Å². The van der Waals surface area contributed by atoms with E-state index in [-0.39, 0.29) is 11.2 Å². The molecule has 2 heterocycles. The van der Waals surface area contributed by atoms with E-state index in [9.17, 15) is 4.79 Å². The summed E-state index contributed by atoms with van der Waals surface area (Å²) in [6.07, 6.45) is 0.919. The summed E-state index contributed by atoms with van der Waals surface area (Å²) in [5.74, 6) is 0.962. The molecule has 0 radical (unpaired) electrons. The van der Waals surface area contributed by atoms with E-state index in [1.54, 1.807) is 0 Å². The normalized spacial score (nSPS) is 14.2. The maximum Gasteiger partial charge on any atom is 0.240 e. The summed E-state index contributed by atoms with van der Waals surface area (Å²) >= 11 is 1.48. The van der Waals surface area contributed by atoms with Crippen molar-refractivity contribution < 1.29 is 4.79 Å². The van der Waals surface area contributed by atoms with Crippen molar-refractivity contribution in [2.24, 2.45) is 0 Å². The second-order valence-corrected chi connectivity index (χ2v) is 7.85. The minimum absolute atomic E-state index is 0.122. The molecule has 1 aliphatic heterocycles. The van der Waals surface area contributed by atoms with Crippen LogP contribution in [0.1, 0.15) is 19.4 Å². The van der Waals surface area contributed by atoms with Crippen molar-refractivity contribution in [3.63, 3.8) is 0 Å². The molecule has 0 spiro atoms. The standard InChI is InChI=1S/C21H22N4OS/c1-3-24-19(17-10-5-4-6-11-17)22-23-21(24)27-15(2)20(26)25-14-13-16-9-7-8-12-18(16)25/h4-12,15H,3,13-14H2,1-2H3/t15-/m1/s1. The van der Waals surface area contributed by atoms with Crippen LogP contribution in [-0.2, 0) is 17.8 Å². The number of para-hydroxylation sites is 1. The fraction of sp³-hybridized carbons (Fsp3) is 0.286. The summed E-state index contributed by atoms with van der Waals surface area (Å²) in [5.41, 5.74) is 3.31. The average Bonchev–Trinajstić information content (AvgIpc) is 3.32. The van der Waals surface area contributed by atoms with Crippen molar-refractivity contribution in [3.05, 3.63) is 60.2 Å². The first kappa shape index (κ1) is 17.8. The van der Waals surface area contributed by atoms with E-state index in [1.807, 2.05) is 60.4 Å². The Morgan fingerprint density at radius 2 is 1.85 bits per heavy atom. The van der Waals surface area contributed by atoms with Crippen LogP contribution in [-0.4, -0.2) is 32.5 Å². The molecule has 5 nitrogen and oxygen atoms in total. The first-order chi connectivity index (χ1) is 13.2. The van der Waals surface area contributed by atoms with Crippen LogP contribution in [0.15, 0.2) is 59.8 Å². The Hall–Kier alpha value is -2.60. The fourth-order valence-corrected chi connectivity index (χ4v) is 4.43. The third-order valence-electron chi connectivity index (χ3n) is 4.85. The van der Waals surface area contributed by atoms with Crippen molar-refractivity contribution in [1.29, 1.82) is 0 Å². The lowest BCUT2D eigenvalue weighted by Gasteiger charge is -2.21. The molecule has 0 aliphatic carbocycles. The predicted molar refractivity (Wildman–Crippen MR) is 109 cm³/mol. The van der Waals surface area contributed by atoms with E-state index in [0.29, 0.717) is 0 Å². The molecule has 0 bridgehead atoms. The van der Waals surface area contributed by atoms with Gasteiger partial charge in [0, 0.05) is 24.3 Å². The smallest absolute Gasteiger partial charge is 0.240 e. The Kier molecular flexibility index (Phi) is 4.99. The molecule has 1 atom stereocenters. The summed E-state index contributed by atoms with van der Waals surface area (Å²) < 4.78 is 2.07. The quantitative estimate of drug-likeness (QED) is 0.629. The Labute approximate surface area is 163 Å². The fourth-order valence-electron chi connectivity index (χ4n) is 3.46. The maximum absolute atomic E-state index is 13.0. The lowest BCUT2D eigenvalue weighted by Crippen LogP contribution is -2.35. The zero-order valence-electron chi connectivity index (χ0n) is 15.5. The van der Waals surface area contributed by atoms with Gasteiger partial charge in [-0.15, -0.1) is 10.2 Å². The van der Waals surface area contributed by atoms with Gasteiger partial charge >= 0.3 is 0 Å². The van der Waals surface area contributed by atoms with E-state index in [4.69, 9.17) is 0 Å². The van der Waals surface area contributed by atoms with Crippen LogP contribution in [0.3, 0.4) is 0 Å². The van der Waals surface area contributed by atoms with Gasteiger partial charge < -0.3 is 9.47 Å². The number of aromatic nitrogens is 3. The molecule has 6 heteroatoms. The molecule has 1 amide bonds. The summed E-state index contributed by atoms with van der Waals surface area (Å²) in [7, 11) is 0. The molecule has 0 fully saturated rings. The lowest BCUT2D eigenvalue weighted by atomic mass is 10.2. The topological polar surface area (TPSA) is 51.0 Å². The zero-order valence-corrected chi connectivity index (χ0v) is 16.3. The first-order valence-electron chi connectivity index (χ1n) is 9.23. The first-order valence-corrected chi connectivity index (χ1v) is 10.1. The monoisotopic (exact) mass is 378 g/mol. The number of nitrogens with zero attached hydrogens (tertiary/aromatic N) is 4. The highest BCUT2D eigenvalue weighted by atomic mass is 32.2. The highest BCUT2D eigenvalue weighted by molar-refractivity contribution is 8.00. The van der Waals surface area contributed by atoms with Crippen LogP contribution in [0.4, 0.5) is 5.69 Å². The van der Waals surface area contributed by atoms with Gasteiger partial charge in [0.2, 0.25) is 5.91 Å². The molecular formula is C21H22N4OS. The minimum Gasteiger partial charge on any atom is -0.311 e. The van der Waals surface area contributed by atoms with Gasteiger partial charge in [0.1, 0.15) is 0 Å². The Morgan fingerprint density at radius 1 is 1.11 bits per heavy atom. The molecule has 4 rings (SSSR count). The average molecular weight is 379 g/mol. The van der Waals surface area contributed by atoms with Crippen LogP contribution >= 0.6 is 11.8 Å². The number of thioether (sulfide) groups is 1. The molecule has 27 heavy (non-hydrogen) atoms. The highest BCUT2D eigenvalue weighted by Crippen LogP contribution is 2.32. The Morgan fingerprint density at radius 3 is 2.63 bits per heavy atom. The molecule has 3 aromatic rings. The van der Waals surface area contributed by atoms with Crippen LogP contribution < -0.4 is 4.90 Å². The Bertz CT molecular complexity index is 954. The molecule has 0 N–H and O–H groups in total. The summed E-state index contributed by atoms with van der Waals surface area (Å²) in [6.45, 7) is 5.53. The van der Waals surface area contributed by atoms with Crippen molar-refractivity contribution in [1.82, 2.24) is 14.8 Å². The van der Waals surface area contributed by atoms with E-state index >= 15 is 0 Å². The molecular weight excluding hydrogens is 356 g/mol. The van der Waals surface area contributed by atoms with Gasteiger partial charge in [-0.2, -0.15) is 0 Å². The van der Waals surface area contributed by atoms with Crippen molar-refractivity contribution in [2.45, 2.75) is 37.2 Å². The highest BCUT2D eigenvalue weighted by Gasteiger charge is 2.29. The molecule has 138 valence electrons. The number of carbonyl (C=O) groups excluding carboxylic acids is 1. The minimum atomic E-state index is -0.228. The largest absolute Gasteiger partial charge is 0.311 e. The number of hydrogen-bond acceptors (Lipinski definition) is 4. The van der Waals surface area contributed by atoms with Gasteiger partial charge in [0.25, 0.3) is 0 Å². The number of carbonyl (C=O) groups is 1. The van der Waals surface area contributed by atoms with Gasteiger partial charge in [0.05, 0.1) is 5.25 Å². The van der Waals surface area contributed by atoms with Gasteiger partial charge in [-0.3, -0.25) is 4.79 Å². The third-order valence-corrected chi connectivity index (χ3v) is 5.92. The van der Waals surface area contributed by atoms with Gasteiger partial charge in [-0.25, -0.2) is 0 Å². The second kappa shape index (κ2) is 7.56.